The van der Waals surface area contributed by atoms with E-state index in [9.17, 15) is 39.6 Å². The van der Waals surface area contributed by atoms with Crippen LogP contribution in [0.2, 0.25) is 0 Å². The van der Waals surface area contributed by atoms with Crippen LogP contribution in [0.3, 0.4) is 0 Å². The van der Waals surface area contributed by atoms with Gasteiger partial charge in [0.25, 0.3) is 0 Å². The highest BCUT2D eigenvalue weighted by molar-refractivity contribution is 5.76. The largest absolute Gasteiger partial charge is 0.445 e. The normalized spacial score (nSPS) is 24.9. The number of nitrogens with one attached hydrogen (secondary N) is 4. The Labute approximate surface area is 508 Å². The number of carbonyl (C=O) groups is 4. The zero-order valence-electron chi connectivity index (χ0n) is 49.8. The first kappa shape index (κ1) is 69.9. The molecule has 0 aliphatic carbocycles. The molecule has 0 unspecified atom stereocenters. The molecule has 8 N–H and O–H groups in total. The number of carbonyl (C=O) groups excluding carboxylic acids is 4. The van der Waals surface area contributed by atoms with E-state index in [1.807, 2.05) is 30.3 Å². The second-order valence-electron chi connectivity index (χ2n) is 21.2. The molecular formula is C55H86N10O23. The minimum atomic E-state index is -1.32. The lowest BCUT2D eigenvalue weighted by Crippen LogP contribution is -2.66. The Balaban J connectivity index is 0.703. The van der Waals surface area contributed by atoms with E-state index in [1.54, 1.807) is 21.8 Å². The molecule has 0 spiro atoms. The zero-order chi connectivity index (χ0) is 62.4. The Morgan fingerprint density at radius 1 is 0.591 bits per heavy atom. The van der Waals surface area contributed by atoms with Gasteiger partial charge in [0, 0.05) is 26.8 Å². The van der Waals surface area contributed by atoms with Crippen molar-refractivity contribution in [2.75, 3.05) is 139 Å². The van der Waals surface area contributed by atoms with E-state index in [4.69, 9.17) is 71.1 Å². The minimum Gasteiger partial charge on any atom is -0.445 e. The molecule has 0 saturated carbocycles. The van der Waals surface area contributed by atoms with Gasteiger partial charge in [-0.2, -0.15) is 0 Å². The first-order chi connectivity index (χ1) is 42.7. The Morgan fingerprint density at radius 2 is 1.02 bits per heavy atom. The van der Waals surface area contributed by atoms with Crippen LogP contribution in [0, 0.1) is 0 Å². The molecule has 0 radical (unpaired) electrons. The summed E-state index contributed by atoms with van der Waals surface area (Å²) in [6.07, 6.45) is -3.58. The average Bonchev–Trinajstić information content (AvgIpc) is 1.93. The zero-order valence-corrected chi connectivity index (χ0v) is 49.8. The third-order valence-electron chi connectivity index (χ3n) is 14.1. The van der Waals surface area contributed by atoms with E-state index in [2.05, 4.69) is 41.9 Å². The quantitative estimate of drug-likeness (QED) is 0.0256. The van der Waals surface area contributed by atoms with Crippen LogP contribution < -0.4 is 21.3 Å². The molecule has 10 atom stereocenters. The first-order valence-electron chi connectivity index (χ1n) is 29.4. The van der Waals surface area contributed by atoms with Crippen LogP contribution >= 0.6 is 0 Å². The molecule has 494 valence electrons. The molecule has 7 rings (SSSR count). The van der Waals surface area contributed by atoms with E-state index in [0.29, 0.717) is 97.0 Å². The van der Waals surface area contributed by atoms with Gasteiger partial charge in [-0.25, -0.2) is 14.2 Å². The number of benzene rings is 1. The van der Waals surface area contributed by atoms with Crippen molar-refractivity contribution in [3.8, 4) is 0 Å². The van der Waals surface area contributed by atoms with E-state index < -0.39 is 72.4 Å². The van der Waals surface area contributed by atoms with Gasteiger partial charge in [-0.05, 0) is 12.0 Å². The monoisotopic (exact) mass is 1250 g/mol. The van der Waals surface area contributed by atoms with Gasteiger partial charge in [0.05, 0.1) is 177 Å². The highest BCUT2D eigenvalue weighted by atomic mass is 16.8. The fraction of sp³-hybridized carbons (Fsp3) is 0.745. The van der Waals surface area contributed by atoms with Crippen molar-refractivity contribution in [1.29, 1.82) is 0 Å². The standard InChI is InChI=1S/C55H86N10O23/c1-38(66)57-45-47(69)49(71)54(36-85-51(45)87-54)34-80-25-23-78-21-19-76-17-15-74-13-11-64-27-41(60-62-64)30-82-32-43(59-44(68)9-6-10-56-53(73)84-29-40-7-4-3-5-8-40)33-83-31-42-28-65(63-61-42)12-14-75-16-18-77-20-22-79-24-26-81-35-55-37-86-52(88-55)46(58-39(2)67)48(70)50(55)72/h3-5,7-8,27-28,43,45-52,69-72H,6,9-26,29-37H2,1-2H3,(H,56,73)(H,57,66)(H,58,67)(H,59,68)/t45-,46-,47-,48-,49-,50-,51+,52+,54+,55+/m1/s1. The van der Waals surface area contributed by atoms with Gasteiger partial charge >= 0.3 is 6.09 Å². The molecule has 1 aromatic carbocycles. The van der Waals surface area contributed by atoms with E-state index >= 15 is 0 Å². The van der Waals surface area contributed by atoms with Gasteiger partial charge < -0.3 is 113 Å². The number of ether oxygens (including phenoxy) is 15. The molecule has 6 heterocycles. The highest BCUT2D eigenvalue weighted by Crippen LogP contribution is 2.38. The van der Waals surface area contributed by atoms with Gasteiger partial charge in [-0.1, -0.05) is 40.8 Å². The molecule has 2 aromatic heterocycles. The summed E-state index contributed by atoms with van der Waals surface area (Å²) in [5.74, 6) is -1.02. The molecule has 33 nitrogen and oxygen atoms in total. The number of aliphatic hydroxyl groups excluding tert-OH is 4. The number of hydrogen-bond donors (Lipinski definition) is 8. The summed E-state index contributed by atoms with van der Waals surface area (Å²) in [6.45, 7) is 8.52. The fourth-order valence-corrected chi connectivity index (χ4v) is 9.55. The number of alkyl carbamates (subject to hydrolysis) is 1. The van der Waals surface area contributed by atoms with Crippen LogP contribution in [0.25, 0.3) is 0 Å². The molecule has 4 saturated heterocycles. The Bertz CT molecular complexity index is 2380. The third-order valence-corrected chi connectivity index (χ3v) is 14.1. The SMILES string of the molecule is CC(=O)N[C@H]1[C@H]2OC[C@](COCCOCCOCCOCCn3cc(COCC(COCc4cn(CCOCCOCCOCCOC[C@@]56CO[C@@H](O5)[C@H](NC(C)=O)[C@@H](O)[C@H]6O)nn4)NC(=O)CCCNC(=O)OCc4ccccc4)nn3)(O2)[C@H](O)[C@@H]1O. The van der Waals surface area contributed by atoms with Gasteiger partial charge in [0.1, 0.15) is 65.7 Å². The predicted octanol–water partition coefficient (Wildman–Crippen LogP) is -3.37. The molecule has 4 aliphatic heterocycles. The van der Waals surface area contributed by atoms with E-state index in [-0.39, 0.29) is 117 Å². The lowest BCUT2D eigenvalue weighted by molar-refractivity contribution is -0.238. The number of aromatic nitrogens is 6. The number of aliphatic hydroxyl groups is 4. The van der Waals surface area contributed by atoms with Crippen molar-refractivity contribution in [3.63, 3.8) is 0 Å². The number of hydrogen-bond acceptors (Lipinski definition) is 27. The van der Waals surface area contributed by atoms with E-state index in [0.717, 1.165) is 5.56 Å². The Morgan fingerprint density at radius 3 is 1.47 bits per heavy atom. The molecule has 3 aromatic rings. The summed E-state index contributed by atoms with van der Waals surface area (Å²) >= 11 is 0. The molecule has 4 fully saturated rings. The summed E-state index contributed by atoms with van der Waals surface area (Å²) in [6, 6.07) is 6.98. The van der Waals surface area contributed by atoms with Crippen LogP contribution in [0.5, 0.6) is 0 Å². The number of nitrogens with zero attached hydrogens (tertiary/aromatic N) is 6. The highest BCUT2D eigenvalue weighted by Gasteiger charge is 2.61. The topological polar surface area (TPSA) is 397 Å². The molecule has 4 bridgehead atoms. The van der Waals surface area contributed by atoms with Gasteiger partial charge in [-0.3, -0.25) is 14.4 Å². The van der Waals surface area contributed by atoms with Crippen LogP contribution in [0.15, 0.2) is 42.7 Å². The van der Waals surface area contributed by atoms with Crippen molar-refractivity contribution < 1.29 is 111 Å². The Kier molecular flexibility index (Phi) is 29.9. The van der Waals surface area contributed by atoms with Crippen molar-refractivity contribution in [3.05, 3.63) is 59.7 Å². The fourth-order valence-electron chi connectivity index (χ4n) is 9.55. The molecule has 33 heteroatoms. The van der Waals surface area contributed by atoms with Gasteiger partial charge in [0.2, 0.25) is 17.7 Å². The van der Waals surface area contributed by atoms with Crippen LogP contribution in [0.4, 0.5) is 4.79 Å². The van der Waals surface area contributed by atoms with Crippen molar-refractivity contribution in [1.82, 2.24) is 51.3 Å². The van der Waals surface area contributed by atoms with Crippen LogP contribution in [0.1, 0.15) is 43.6 Å². The minimum absolute atomic E-state index is 0.00549. The van der Waals surface area contributed by atoms with Crippen LogP contribution in [-0.4, -0.2) is 279 Å². The van der Waals surface area contributed by atoms with Crippen LogP contribution in [-0.2, 0) is 118 Å². The molecule has 4 amide bonds. The maximum atomic E-state index is 13.1. The maximum absolute atomic E-state index is 13.1. The smallest absolute Gasteiger partial charge is 0.407 e. The summed E-state index contributed by atoms with van der Waals surface area (Å²) in [7, 11) is 0. The average molecular weight is 1260 g/mol. The predicted molar refractivity (Wildman–Crippen MR) is 298 cm³/mol. The summed E-state index contributed by atoms with van der Waals surface area (Å²) < 4.78 is 88.2. The van der Waals surface area contributed by atoms with Crippen molar-refractivity contribution in [2.24, 2.45) is 0 Å². The lowest BCUT2D eigenvalue weighted by atomic mass is 9.88. The number of amides is 4. The summed E-state index contributed by atoms with van der Waals surface area (Å²) in [5.41, 5.74) is -0.495. The summed E-state index contributed by atoms with van der Waals surface area (Å²) in [4.78, 5) is 48.2. The Hall–Kier alpha value is -5.54. The van der Waals surface area contributed by atoms with Gasteiger partial charge in [-0.15, -0.1) is 10.2 Å². The van der Waals surface area contributed by atoms with Crippen molar-refractivity contribution >= 4 is 23.8 Å². The second kappa shape index (κ2) is 37.6. The van der Waals surface area contributed by atoms with Gasteiger partial charge in [0.15, 0.2) is 12.6 Å². The van der Waals surface area contributed by atoms with E-state index in [1.165, 1.54) is 13.8 Å². The first-order valence-corrected chi connectivity index (χ1v) is 29.4. The second-order valence-corrected chi connectivity index (χ2v) is 21.2. The maximum Gasteiger partial charge on any atom is 0.407 e. The number of fused-ring (bicyclic) bond motifs is 4. The third kappa shape index (κ3) is 23.0. The number of rotatable bonds is 45. The molecule has 4 aliphatic rings. The summed E-state index contributed by atoms with van der Waals surface area (Å²) in [5, 5.41) is 69.8. The molecule has 88 heavy (non-hydrogen) atoms. The van der Waals surface area contributed by atoms with Crippen molar-refractivity contribution in [2.45, 2.75) is 126 Å². The lowest BCUT2D eigenvalue weighted by Gasteiger charge is -2.42. The molecular weight excluding hydrogens is 1170 g/mol.